The number of halogens is 1. The summed E-state index contributed by atoms with van der Waals surface area (Å²) in [6, 6.07) is 11.0. The SMILES string of the molecule is C=CCOC12Oc3ccc(OC(=O)NCC)cc3C3C(CCCCO)C(CCCCO)C=C(C(=NOCC)CC1N(Cc1ccc(F)cc1)C(=O)CCCCCCCCCCC)C32. The molecule has 5 rings (SSSR count). The summed E-state index contributed by atoms with van der Waals surface area (Å²) in [7, 11) is 0. The Morgan fingerprint density at radius 2 is 1.63 bits per heavy atom. The number of hydrogen-bond donors (Lipinski definition) is 3. The molecule has 1 fully saturated rings. The Kier molecular flexibility index (Phi) is 20.4. The minimum atomic E-state index is -1.44. The van der Waals surface area contributed by atoms with E-state index in [1.54, 1.807) is 24.3 Å². The molecule has 63 heavy (non-hydrogen) atoms. The minimum Gasteiger partial charge on any atom is -0.459 e. The van der Waals surface area contributed by atoms with Crippen LogP contribution >= 0.6 is 0 Å². The third-order valence-corrected chi connectivity index (χ3v) is 12.9. The number of carbonyl (C=O) groups excluding carboxylic acids is 2. The Morgan fingerprint density at radius 3 is 2.30 bits per heavy atom. The van der Waals surface area contributed by atoms with Crippen molar-refractivity contribution in [3.8, 4) is 11.5 Å². The summed E-state index contributed by atoms with van der Waals surface area (Å²) in [5.41, 5.74) is 3.26. The maximum atomic E-state index is 15.0. The summed E-state index contributed by atoms with van der Waals surface area (Å²) < 4.78 is 34.6. The fourth-order valence-corrected chi connectivity index (χ4v) is 10.0. The Bertz CT molecular complexity index is 1800. The van der Waals surface area contributed by atoms with E-state index in [1.165, 1.54) is 44.2 Å². The number of benzene rings is 2. The first kappa shape index (κ1) is 49.8. The molecule has 0 bridgehead atoms. The van der Waals surface area contributed by atoms with Crippen molar-refractivity contribution in [2.45, 2.75) is 154 Å². The molecule has 12 heteroatoms. The van der Waals surface area contributed by atoms with E-state index in [2.05, 4.69) is 24.9 Å². The highest BCUT2D eigenvalue weighted by molar-refractivity contribution is 6.03. The number of aliphatic hydroxyl groups excluding tert-OH is 2. The monoisotopic (exact) mass is 876 g/mol. The lowest BCUT2D eigenvalue weighted by Gasteiger charge is -2.60. The van der Waals surface area contributed by atoms with Gasteiger partial charge in [0.15, 0.2) is 0 Å². The largest absolute Gasteiger partial charge is 0.459 e. The normalized spacial score (nSPS) is 22.9. The lowest BCUT2D eigenvalue weighted by molar-refractivity contribution is -0.258. The summed E-state index contributed by atoms with van der Waals surface area (Å²) in [5.74, 6) is -1.64. The number of rotatable bonds is 28. The van der Waals surface area contributed by atoms with Gasteiger partial charge in [0, 0.05) is 50.6 Å². The Morgan fingerprint density at radius 1 is 0.937 bits per heavy atom. The van der Waals surface area contributed by atoms with E-state index in [9.17, 15) is 24.2 Å². The van der Waals surface area contributed by atoms with Gasteiger partial charge < -0.3 is 39.5 Å². The van der Waals surface area contributed by atoms with E-state index in [-0.39, 0.29) is 62.3 Å². The number of ether oxygens (including phenoxy) is 3. The third-order valence-electron chi connectivity index (χ3n) is 12.9. The lowest BCUT2D eigenvalue weighted by Crippen LogP contribution is -2.70. The van der Waals surface area contributed by atoms with E-state index >= 15 is 0 Å². The van der Waals surface area contributed by atoms with Gasteiger partial charge in [-0.3, -0.25) is 4.79 Å². The zero-order chi connectivity index (χ0) is 45.0. The van der Waals surface area contributed by atoms with Crippen molar-refractivity contribution in [2.75, 3.05) is 33.0 Å². The highest BCUT2D eigenvalue weighted by atomic mass is 19.1. The molecule has 3 N–H and O–H groups in total. The first-order valence-electron chi connectivity index (χ1n) is 23.9. The molecule has 2 aromatic rings. The molecule has 6 atom stereocenters. The molecule has 11 nitrogen and oxygen atoms in total. The Balaban J connectivity index is 1.67. The molecule has 1 aliphatic heterocycles. The fourth-order valence-electron chi connectivity index (χ4n) is 10.0. The van der Waals surface area contributed by atoms with Crippen LogP contribution in [0.15, 0.2) is 71.9 Å². The van der Waals surface area contributed by atoms with Crippen LogP contribution in [0.1, 0.15) is 147 Å². The summed E-state index contributed by atoms with van der Waals surface area (Å²) >= 11 is 0. The molecule has 1 heterocycles. The van der Waals surface area contributed by atoms with Crippen LogP contribution in [0.5, 0.6) is 11.5 Å². The van der Waals surface area contributed by atoms with Crippen molar-refractivity contribution in [1.82, 2.24) is 10.2 Å². The molecule has 3 aliphatic rings. The Hall–Kier alpha value is -4.26. The fraction of sp³-hybridized carbons (Fsp3) is 0.627. The smallest absolute Gasteiger partial charge is 0.412 e. The topological polar surface area (TPSA) is 139 Å². The molecule has 348 valence electrons. The molecule has 0 saturated heterocycles. The van der Waals surface area contributed by atoms with Gasteiger partial charge in [0.2, 0.25) is 11.7 Å². The number of oxime groups is 1. The van der Waals surface area contributed by atoms with E-state index in [4.69, 9.17) is 24.2 Å². The van der Waals surface area contributed by atoms with Crippen molar-refractivity contribution in [3.05, 3.63) is 83.7 Å². The maximum absolute atomic E-state index is 15.0. The molecule has 0 aromatic heterocycles. The highest BCUT2D eigenvalue weighted by Gasteiger charge is 2.65. The number of amides is 2. The van der Waals surface area contributed by atoms with E-state index < -0.39 is 23.8 Å². The molecular formula is C51H74FN3O8. The van der Waals surface area contributed by atoms with Crippen molar-refractivity contribution in [2.24, 2.45) is 22.9 Å². The summed E-state index contributed by atoms with van der Waals surface area (Å²) in [5, 5.41) is 27.3. The quantitative estimate of drug-likeness (QED) is 0.0436. The van der Waals surface area contributed by atoms with Crippen molar-refractivity contribution in [1.29, 1.82) is 0 Å². The number of allylic oxidation sites excluding steroid dienone is 1. The summed E-state index contributed by atoms with van der Waals surface area (Å²) in [4.78, 5) is 35.5. The van der Waals surface area contributed by atoms with Crippen LogP contribution in [0, 0.1) is 23.6 Å². The zero-order valence-electron chi connectivity index (χ0n) is 38.2. The average molecular weight is 876 g/mol. The number of nitrogens with zero attached hydrogens (tertiary/aromatic N) is 2. The number of fused-ring (bicyclic) bond motifs is 2. The third kappa shape index (κ3) is 13.2. The van der Waals surface area contributed by atoms with E-state index in [0.717, 1.165) is 68.1 Å². The molecule has 0 spiro atoms. The van der Waals surface area contributed by atoms with Gasteiger partial charge in [-0.2, -0.15) is 0 Å². The maximum Gasteiger partial charge on any atom is 0.412 e. The van der Waals surface area contributed by atoms with Crippen molar-refractivity contribution >= 4 is 17.7 Å². The van der Waals surface area contributed by atoms with Gasteiger partial charge in [-0.15, -0.1) is 6.58 Å². The lowest BCUT2D eigenvalue weighted by atomic mass is 9.55. The van der Waals surface area contributed by atoms with Crippen molar-refractivity contribution in [3.63, 3.8) is 0 Å². The predicted octanol–water partition coefficient (Wildman–Crippen LogP) is 10.5. The van der Waals surface area contributed by atoms with Gasteiger partial charge in [0.05, 0.1) is 18.2 Å². The van der Waals surface area contributed by atoms with Crippen LogP contribution in [-0.4, -0.2) is 77.6 Å². The second-order valence-corrected chi connectivity index (χ2v) is 17.3. The molecule has 0 radical (unpaired) electrons. The van der Waals surface area contributed by atoms with Crippen LogP contribution in [0.3, 0.4) is 0 Å². The summed E-state index contributed by atoms with van der Waals surface area (Å²) in [6.45, 7) is 11.2. The number of unbranched alkanes of at least 4 members (excludes halogenated alkanes) is 10. The van der Waals surface area contributed by atoms with Gasteiger partial charge in [-0.05, 0) is 99.3 Å². The number of hydrogen-bond acceptors (Lipinski definition) is 9. The molecule has 1 saturated carbocycles. The molecular weight excluding hydrogens is 802 g/mol. The predicted molar refractivity (Wildman–Crippen MR) is 245 cm³/mol. The minimum absolute atomic E-state index is 0.00776. The Labute approximate surface area is 375 Å². The van der Waals surface area contributed by atoms with Crippen molar-refractivity contribution < 1.29 is 43.2 Å². The first-order chi connectivity index (χ1) is 30.7. The second kappa shape index (κ2) is 25.9. The number of carbonyl (C=O) groups is 2. The van der Waals surface area contributed by atoms with E-state index in [0.29, 0.717) is 49.6 Å². The second-order valence-electron chi connectivity index (χ2n) is 17.3. The van der Waals surface area contributed by atoms with Gasteiger partial charge in [-0.25, -0.2) is 9.18 Å². The van der Waals surface area contributed by atoms with E-state index in [1.807, 2.05) is 30.9 Å². The number of nitrogens with one attached hydrogen (secondary N) is 1. The van der Waals surface area contributed by atoms with Gasteiger partial charge in [0.1, 0.15) is 30.0 Å². The highest BCUT2D eigenvalue weighted by Crippen LogP contribution is 2.62. The van der Waals surface area contributed by atoms with Crippen LogP contribution in [-0.2, 0) is 20.9 Å². The standard InChI is InChI=1S/C51H74FN3O8/c1-5-9-10-11-12-13-14-15-16-23-47(58)55(36-37-24-26-39(52)27-25-37)46-35-44(54-61-8-4)42-33-38(21-17-19-30-56)41(22-18-20-31-57)48-43-34-40(62-50(59)53-7-3)28-29-45(43)63-51(46,49(42)48)60-32-6-2/h6,24-29,33-34,38,41,46,48-49,56-57H,2,5,7-23,30-32,35-36H2,1,3-4H3,(H,53,59). The van der Waals surface area contributed by atoms with Gasteiger partial charge >= 0.3 is 6.09 Å². The van der Waals surface area contributed by atoms with Gasteiger partial charge in [0.25, 0.3) is 0 Å². The van der Waals surface area contributed by atoms with Gasteiger partial charge in [-0.1, -0.05) is 101 Å². The summed E-state index contributed by atoms with van der Waals surface area (Å²) in [6.07, 6.45) is 18.6. The van der Waals surface area contributed by atoms with Crippen LogP contribution in [0.2, 0.25) is 0 Å². The molecule has 2 aromatic carbocycles. The van der Waals surface area contributed by atoms with Crippen LogP contribution in [0.4, 0.5) is 9.18 Å². The first-order valence-corrected chi connectivity index (χ1v) is 23.9. The average Bonchev–Trinajstić information content (AvgIpc) is 3.28. The zero-order valence-corrected chi connectivity index (χ0v) is 38.2. The van der Waals surface area contributed by atoms with Crippen LogP contribution in [0.25, 0.3) is 0 Å². The molecule has 2 amide bonds. The van der Waals surface area contributed by atoms with Crippen LogP contribution < -0.4 is 14.8 Å². The molecule has 6 unspecified atom stereocenters. The number of aliphatic hydroxyl groups is 2. The molecule has 2 aliphatic carbocycles.